The Bertz CT molecular complexity index is 350. The number of aliphatic hydroxyl groups is 1. The predicted octanol–water partition coefficient (Wildman–Crippen LogP) is 1.72. The zero-order chi connectivity index (χ0) is 12.3. The molecule has 0 spiro atoms. The Balaban J connectivity index is 1.91. The Hall–Kier alpha value is -0.130. The van der Waals surface area contributed by atoms with Crippen LogP contribution in [-0.4, -0.2) is 61.3 Å². The first-order valence-electron chi connectivity index (χ1n) is 5.96. The molecule has 1 unspecified atom stereocenters. The summed E-state index contributed by atoms with van der Waals surface area (Å²) in [7, 11) is 2.15. The molecule has 5 heteroatoms. The highest BCUT2D eigenvalue weighted by atomic mass is 35.5. The molecule has 0 saturated carbocycles. The third-order valence-corrected chi connectivity index (χ3v) is 4.68. The number of aliphatic hydroxyl groups excluding tert-OH is 1. The summed E-state index contributed by atoms with van der Waals surface area (Å²) in [5.74, 6) is 0.205. The third-order valence-electron chi connectivity index (χ3n) is 3.29. The molecule has 1 aliphatic heterocycles. The largest absolute Gasteiger partial charge is 0.396 e. The van der Waals surface area contributed by atoms with Crippen molar-refractivity contribution in [1.82, 2.24) is 9.80 Å². The predicted molar refractivity (Wildman–Crippen MR) is 73.1 cm³/mol. The molecule has 2 heterocycles. The summed E-state index contributed by atoms with van der Waals surface area (Å²) in [6.45, 7) is 5.54. The van der Waals surface area contributed by atoms with Gasteiger partial charge < -0.3 is 14.9 Å². The minimum Gasteiger partial charge on any atom is -0.396 e. The van der Waals surface area contributed by atoms with Crippen LogP contribution < -0.4 is 0 Å². The lowest BCUT2D eigenvalue weighted by Crippen LogP contribution is -2.46. The van der Waals surface area contributed by atoms with Crippen LogP contribution >= 0.6 is 22.9 Å². The molecule has 0 amide bonds. The lowest BCUT2D eigenvalue weighted by atomic mass is 10.1. The molecule has 2 rings (SSSR count). The van der Waals surface area contributed by atoms with Gasteiger partial charge in [-0.3, -0.25) is 0 Å². The van der Waals surface area contributed by atoms with Crippen LogP contribution in [0.5, 0.6) is 0 Å². The minimum atomic E-state index is 0.198. The summed E-state index contributed by atoms with van der Waals surface area (Å²) < 4.78 is 0.803. The second kappa shape index (κ2) is 6.16. The fraction of sp³-hybridized carbons (Fsp3) is 0.667. The van der Waals surface area contributed by atoms with Crippen LogP contribution in [0.2, 0.25) is 4.34 Å². The van der Waals surface area contributed by atoms with Crippen LogP contribution in [-0.2, 0) is 0 Å². The fourth-order valence-corrected chi connectivity index (χ4v) is 3.27. The van der Waals surface area contributed by atoms with Gasteiger partial charge in [0.15, 0.2) is 0 Å². The van der Waals surface area contributed by atoms with E-state index in [0.29, 0.717) is 0 Å². The van der Waals surface area contributed by atoms with E-state index >= 15 is 0 Å². The average Bonchev–Trinajstić information content (AvgIpc) is 2.75. The maximum Gasteiger partial charge on any atom is 0.0931 e. The lowest BCUT2D eigenvalue weighted by molar-refractivity contribution is 0.133. The maximum absolute atomic E-state index is 9.50. The molecule has 1 atom stereocenters. The zero-order valence-electron chi connectivity index (χ0n) is 10.1. The maximum atomic E-state index is 9.50. The highest BCUT2D eigenvalue weighted by Gasteiger charge is 2.20. The molecular weight excluding hydrogens is 256 g/mol. The van der Waals surface area contributed by atoms with Crippen molar-refractivity contribution in [2.45, 2.75) is 5.92 Å². The van der Waals surface area contributed by atoms with Crippen molar-refractivity contribution in [1.29, 1.82) is 0 Å². The van der Waals surface area contributed by atoms with Gasteiger partial charge in [0, 0.05) is 43.5 Å². The zero-order valence-corrected chi connectivity index (χ0v) is 11.7. The van der Waals surface area contributed by atoms with Gasteiger partial charge in [-0.15, -0.1) is 11.3 Å². The molecule has 3 nitrogen and oxygen atoms in total. The third kappa shape index (κ3) is 3.66. The van der Waals surface area contributed by atoms with Gasteiger partial charge in [0.2, 0.25) is 0 Å². The van der Waals surface area contributed by atoms with Gasteiger partial charge in [-0.1, -0.05) is 11.6 Å². The first kappa shape index (κ1) is 13.3. The number of thiophene rings is 1. The normalized spacial score (nSPS) is 20.6. The Morgan fingerprint density at radius 2 is 2.06 bits per heavy atom. The molecule has 0 radical (unpaired) electrons. The Morgan fingerprint density at radius 3 is 2.59 bits per heavy atom. The Labute approximate surface area is 112 Å². The molecule has 1 aromatic rings. The highest BCUT2D eigenvalue weighted by Crippen LogP contribution is 2.28. The molecule has 17 heavy (non-hydrogen) atoms. The number of halogens is 1. The van der Waals surface area contributed by atoms with Crippen molar-refractivity contribution in [3.63, 3.8) is 0 Å². The van der Waals surface area contributed by atoms with Gasteiger partial charge in [-0.05, 0) is 19.2 Å². The second-order valence-electron chi connectivity index (χ2n) is 4.63. The van der Waals surface area contributed by atoms with E-state index in [2.05, 4.69) is 16.8 Å². The molecular formula is C12H19ClN2OS. The molecule has 1 saturated heterocycles. The van der Waals surface area contributed by atoms with E-state index < -0.39 is 0 Å². The number of rotatable bonds is 4. The van der Waals surface area contributed by atoms with E-state index in [4.69, 9.17) is 11.6 Å². The first-order chi connectivity index (χ1) is 8.19. The standard InChI is InChI=1S/C12H19ClN2OS/c1-14-4-6-15(7-5-14)8-10(9-16)11-2-3-12(13)17-11/h2-3,10,16H,4-9H2,1H3. The van der Waals surface area contributed by atoms with E-state index in [1.807, 2.05) is 12.1 Å². The molecule has 0 bridgehead atoms. The molecule has 0 aromatic carbocycles. The van der Waals surface area contributed by atoms with Crippen molar-refractivity contribution in [3.8, 4) is 0 Å². The van der Waals surface area contributed by atoms with E-state index in [1.165, 1.54) is 4.88 Å². The fourth-order valence-electron chi connectivity index (χ4n) is 2.13. The summed E-state index contributed by atoms with van der Waals surface area (Å²) in [4.78, 5) is 5.96. The number of hydrogen-bond acceptors (Lipinski definition) is 4. The van der Waals surface area contributed by atoms with Gasteiger partial charge >= 0.3 is 0 Å². The molecule has 0 aliphatic carbocycles. The van der Waals surface area contributed by atoms with E-state index in [0.717, 1.165) is 37.1 Å². The summed E-state index contributed by atoms with van der Waals surface area (Å²) in [6, 6.07) is 3.94. The average molecular weight is 275 g/mol. The highest BCUT2D eigenvalue weighted by molar-refractivity contribution is 7.16. The van der Waals surface area contributed by atoms with E-state index in [9.17, 15) is 5.11 Å². The van der Waals surface area contributed by atoms with Crippen molar-refractivity contribution >= 4 is 22.9 Å². The molecule has 1 fully saturated rings. The number of likely N-dealkylation sites (N-methyl/N-ethyl adjacent to an activating group) is 1. The van der Waals surface area contributed by atoms with Crippen molar-refractivity contribution in [2.75, 3.05) is 46.4 Å². The number of hydrogen-bond donors (Lipinski definition) is 1. The van der Waals surface area contributed by atoms with Crippen LogP contribution in [0, 0.1) is 0 Å². The topological polar surface area (TPSA) is 26.7 Å². The van der Waals surface area contributed by atoms with Gasteiger partial charge in [0.1, 0.15) is 0 Å². The van der Waals surface area contributed by atoms with Crippen molar-refractivity contribution in [3.05, 3.63) is 21.3 Å². The van der Waals surface area contributed by atoms with E-state index in [1.54, 1.807) is 11.3 Å². The summed E-state index contributed by atoms with van der Waals surface area (Å²) >= 11 is 7.52. The smallest absolute Gasteiger partial charge is 0.0931 e. The monoisotopic (exact) mass is 274 g/mol. The molecule has 1 aliphatic rings. The van der Waals surface area contributed by atoms with Crippen LogP contribution in [0.15, 0.2) is 12.1 Å². The summed E-state index contributed by atoms with van der Waals surface area (Å²) in [5, 5.41) is 9.50. The first-order valence-corrected chi connectivity index (χ1v) is 7.15. The summed E-state index contributed by atoms with van der Waals surface area (Å²) in [5.41, 5.74) is 0. The minimum absolute atomic E-state index is 0.198. The quantitative estimate of drug-likeness (QED) is 0.906. The number of piperazine rings is 1. The summed E-state index contributed by atoms with van der Waals surface area (Å²) in [6.07, 6.45) is 0. The molecule has 1 N–H and O–H groups in total. The van der Waals surface area contributed by atoms with Gasteiger partial charge in [0.05, 0.1) is 10.9 Å². The van der Waals surface area contributed by atoms with Crippen LogP contribution in [0.4, 0.5) is 0 Å². The Morgan fingerprint density at radius 1 is 1.35 bits per heavy atom. The van der Waals surface area contributed by atoms with Crippen LogP contribution in [0.25, 0.3) is 0 Å². The second-order valence-corrected chi connectivity index (χ2v) is 6.37. The van der Waals surface area contributed by atoms with Gasteiger partial charge in [-0.25, -0.2) is 0 Å². The van der Waals surface area contributed by atoms with Gasteiger partial charge in [0.25, 0.3) is 0 Å². The van der Waals surface area contributed by atoms with Crippen molar-refractivity contribution in [2.24, 2.45) is 0 Å². The molecule has 1 aromatic heterocycles. The van der Waals surface area contributed by atoms with E-state index in [-0.39, 0.29) is 12.5 Å². The van der Waals surface area contributed by atoms with Gasteiger partial charge in [-0.2, -0.15) is 0 Å². The molecule has 96 valence electrons. The number of nitrogens with zero attached hydrogens (tertiary/aromatic N) is 2. The van der Waals surface area contributed by atoms with Crippen LogP contribution in [0.1, 0.15) is 10.8 Å². The Kier molecular flexibility index (Phi) is 4.82. The van der Waals surface area contributed by atoms with Crippen molar-refractivity contribution < 1.29 is 5.11 Å². The SMILES string of the molecule is CN1CCN(CC(CO)c2ccc(Cl)s2)CC1. The lowest BCUT2D eigenvalue weighted by Gasteiger charge is -2.34. The van der Waals surface area contributed by atoms with Crippen LogP contribution in [0.3, 0.4) is 0 Å².